The topological polar surface area (TPSA) is 72.9 Å². The molecule has 0 atom stereocenters. The van der Waals surface area contributed by atoms with Gasteiger partial charge in [0.1, 0.15) is 6.10 Å². The highest BCUT2D eigenvalue weighted by molar-refractivity contribution is 5.67. The Bertz CT molecular complexity index is 979. The van der Waals surface area contributed by atoms with Crippen LogP contribution in [0.15, 0.2) is 42.6 Å². The van der Waals surface area contributed by atoms with Gasteiger partial charge in [-0.05, 0) is 43.2 Å². The van der Waals surface area contributed by atoms with Gasteiger partial charge >= 0.3 is 6.18 Å². The number of H-pyrrole nitrogens is 1. The van der Waals surface area contributed by atoms with Gasteiger partial charge in [0.25, 0.3) is 0 Å². The predicted octanol–water partition coefficient (Wildman–Crippen LogP) is 5.14. The summed E-state index contributed by atoms with van der Waals surface area (Å²) < 4.78 is 49.3. The van der Waals surface area contributed by atoms with Crippen molar-refractivity contribution in [1.29, 1.82) is 0 Å². The lowest BCUT2D eigenvalue weighted by Crippen LogP contribution is -2.26. The molecule has 4 rings (SSSR count). The summed E-state index contributed by atoms with van der Waals surface area (Å²) in [5.41, 5.74) is 2.26. The van der Waals surface area contributed by atoms with Gasteiger partial charge in [-0.2, -0.15) is 18.3 Å². The zero-order valence-corrected chi connectivity index (χ0v) is 17.0. The number of rotatable bonds is 6. The first-order valence-corrected chi connectivity index (χ1v) is 10.1. The van der Waals surface area contributed by atoms with Gasteiger partial charge in [-0.3, -0.25) is 5.10 Å². The third kappa shape index (κ3) is 5.22. The van der Waals surface area contributed by atoms with E-state index in [1.807, 2.05) is 17.2 Å². The summed E-state index contributed by atoms with van der Waals surface area (Å²) in [6.45, 7) is 0.804. The Labute approximate surface area is 177 Å². The molecule has 31 heavy (non-hydrogen) atoms. The SMILES string of the molecule is COCC1CCC(Oc2ccc(-c3ccc(-c4n[nH]c(C(F)(F)F)n4)cc3)cn2)CC1. The molecule has 0 radical (unpaired) electrons. The van der Waals surface area contributed by atoms with E-state index in [4.69, 9.17) is 9.47 Å². The summed E-state index contributed by atoms with van der Waals surface area (Å²) in [6.07, 6.45) is 1.54. The number of nitrogens with one attached hydrogen (secondary N) is 1. The number of nitrogens with zero attached hydrogens (tertiary/aromatic N) is 3. The number of benzene rings is 1. The standard InChI is InChI=1S/C22H23F3N4O2/c1-30-13-14-2-9-18(10-3-14)31-19-11-8-17(12-26-19)15-4-6-16(7-5-15)20-27-21(29-28-20)22(23,24)25/h4-8,11-12,14,18H,2-3,9-10,13H2,1H3,(H,27,28,29). The van der Waals surface area contributed by atoms with E-state index in [9.17, 15) is 13.2 Å². The second-order valence-electron chi connectivity index (χ2n) is 7.68. The maximum atomic E-state index is 12.7. The maximum Gasteiger partial charge on any atom is 0.451 e. The van der Waals surface area contributed by atoms with Gasteiger partial charge in [-0.1, -0.05) is 24.3 Å². The van der Waals surface area contributed by atoms with E-state index in [0.717, 1.165) is 43.4 Å². The van der Waals surface area contributed by atoms with Crippen molar-refractivity contribution in [2.75, 3.05) is 13.7 Å². The third-order valence-corrected chi connectivity index (χ3v) is 5.45. The lowest BCUT2D eigenvalue weighted by molar-refractivity contribution is -0.144. The van der Waals surface area contributed by atoms with Gasteiger partial charge in [0, 0.05) is 37.1 Å². The van der Waals surface area contributed by atoms with Gasteiger partial charge in [-0.15, -0.1) is 0 Å². The van der Waals surface area contributed by atoms with Crippen LogP contribution in [0.1, 0.15) is 31.5 Å². The monoisotopic (exact) mass is 432 g/mol. The molecular formula is C22H23F3N4O2. The molecule has 1 aliphatic carbocycles. The molecule has 0 aliphatic heterocycles. The summed E-state index contributed by atoms with van der Waals surface area (Å²) in [7, 11) is 1.74. The first-order valence-electron chi connectivity index (χ1n) is 10.1. The van der Waals surface area contributed by atoms with Crippen LogP contribution in [0, 0.1) is 5.92 Å². The number of hydrogen-bond acceptors (Lipinski definition) is 5. The van der Waals surface area contributed by atoms with E-state index in [0.29, 0.717) is 17.4 Å². The van der Waals surface area contributed by atoms with Crippen LogP contribution < -0.4 is 4.74 Å². The molecule has 1 aromatic carbocycles. The highest BCUT2D eigenvalue weighted by atomic mass is 19.4. The highest BCUT2D eigenvalue weighted by Crippen LogP contribution is 2.30. The van der Waals surface area contributed by atoms with Crippen molar-refractivity contribution >= 4 is 0 Å². The quantitative estimate of drug-likeness (QED) is 0.584. The number of alkyl halides is 3. The molecule has 1 saturated carbocycles. The molecule has 0 bridgehead atoms. The van der Waals surface area contributed by atoms with E-state index in [1.165, 1.54) is 0 Å². The Morgan fingerprint density at radius 3 is 2.23 bits per heavy atom. The second kappa shape index (κ2) is 9.05. The van der Waals surface area contributed by atoms with Gasteiger partial charge in [0.15, 0.2) is 5.82 Å². The second-order valence-corrected chi connectivity index (χ2v) is 7.68. The Kier molecular flexibility index (Phi) is 6.22. The zero-order valence-electron chi connectivity index (χ0n) is 17.0. The van der Waals surface area contributed by atoms with Crippen molar-refractivity contribution in [3.63, 3.8) is 0 Å². The average Bonchev–Trinajstić information content (AvgIpc) is 3.27. The molecule has 1 fully saturated rings. The molecule has 3 aromatic rings. The first-order chi connectivity index (χ1) is 14.9. The lowest BCUT2D eigenvalue weighted by atomic mass is 9.88. The van der Waals surface area contributed by atoms with E-state index in [2.05, 4.69) is 15.1 Å². The minimum atomic E-state index is -4.55. The Morgan fingerprint density at radius 2 is 1.65 bits per heavy atom. The van der Waals surface area contributed by atoms with E-state index in [-0.39, 0.29) is 11.9 Å². The van der Waals surface area contributed by atoms with Crippen LogP contribution in [0.3, 0.4) is 0 Å². The first kappa shape index (κ1) is 21.3. The lowest BCUT2D eigenvalue weighted by Gasteiger charge is -2.28. The Balaban J connectivity index is 1.37. The number of methoxy groups -OCH3 is 1. The minimum Gasteiger partial charge on any atom is -0.474 e. The molecule has 2 aromatic heterocycles. The van der Waals surface area contributed by atoms with Crippen molar-refractivity contribution in [1.82, 2.24) is 20.2 Å². The molecular weight excluding hydrogens is 409 g/mol. The maximum absolute atomic E-state index is 12.7. The fourth-order valence-corrected chi connectivity index (χ4v) is 3.77. The molecule has 0 spiro atoms. The van der Waals surface area contributed by atoms with Crippen LogP contribution >= 0.6 is 0 Å². The molecule has 6 nitrogen and oxygen atoms in total. The highest BCUT2D eigenvalue weighted by Gasteiger charge is 2.35. The van der Waals surface area contributed by atoms with Gasteiger partial charge in [0.05, 0.1) is 0 Å². The summed E-state index contributed by atoms with van der Waals surface area (Å²) in [5, 5.41) is 5.57. The van der Waals surface area contributed by atoms with Crippen LogP contribution in [-0.2, 0) is 10.9 Å². The average molecular weight is 432 g/mol. The fraction of sp³-hybridized carbons (Fsp3) is 0.409. The van der Waals surface area contributed by atoms with E-state index in [1.54, 1.807) is 37.6 Å². The van der Waals surface area contributed by atoms with Crippen molar-refractivity contribution in [2.45, 2.75) is 38.0 Å². The summed E-state index contributed by atoms with van der Waals surface area (Å²) in [4.78, 5) is 7.92. The van der Waals surface area contributed by atoms with Gasteiger partial charge in [0.2, 0.25) is 11.7 Å². The van der Waals surface area contributed by atoms with Crippen molar-refractivity contribution in [3.8, 4) is 28.4 Å². The van der Waals surface area contributed by atoms with E-state index < -0.39 is 12.0 Å². The van der Waals surface area contributed by atoms with Crippen LogP contribution in [0.25, 0.3) is 22.5 Å². The molecule has 0 amide bonds. The Morgan fingerprint density at radius 1 is 0.968 bits per heavy atom. The zero-order chi connectivity index (χ0) is 21.8. The van der Waals surface area contributed by atoms with Crippen LogP contribution in [0.2, 0.25) is 0 Å². The third-order valence-electron chi connectivity index (χ3n) is 5.45. The molecule has 0 saturated heterocycles. The van der Waals surface area contributed by atoms with Gasteiger partial charge < -0.3 is 9.47 Å². The fourth-order valence-electron chi connectivity index (χ4n) is 3.77. The predicted molar refractivity (Wildman–Crippen MR) is 108 cm³/mol. The molecule has 164 valence electrons. The van der Waals surface area contributed by atoms with Crippen molar-refractivity contribution in [3.05, 3.63) is 48.4 Å². The van der Waals surface area contributed by atoms with Crippen molar-refractivity contribution < 1.29 is 22.6 Å². The summed E-state index contributed by atoms with van der Waals surface area (Å²) in [6, 6.07) is 10.7. The number of aromatic amines is 1. The number of pyridine rings is 1. The van der Waals surface area contributed by atoms with Gasteiger partial charge in [-0.25, -0.2) is 9.97 Å². The molecule has 9 heteroatoms. The van der Waals surface area contributed by atoms with Crippen LogP contribution in [0.5, 0.6) is 5.88 Å². The molecule has 2 heterocycles. The smallest absolute Gasteiger partial charge is 0.451 e. The molecule has 1 aliphatic rings. The summed E-state index contributed by atoms with van der Waals surface area (Å²) >= 11 is 0. The van der Waals surface area contributed by atoms with Crippen LogP contribution in [0.4, 0.5) is 13.2 Å². The van der Waals surface area contributed by atoms with E-state index >= 15 is 0 Å². The number of halogens is 3. The molecule has 0 unspecified atom stereocenters. The summed E-state index contributed by atoms with van der Waals surface area (Å²) in [5.74, 6) is 0.0929. The Hall–Kier alpha value is -2.94. The number of aromatic nitrogens is 4. The normalized spacial score (nSPS) is 19.4. The van der Waals surface area contributed by atoms with Crippen molar-refractivity contribution in [2.24, 2.45) is 5.92 Å². The molecule has 1 N–H and O–H groups in total. The minimum absolute atomic E-state index is 0.000896. The number of ether oxygens (including phenoxy) is 2. The van der Waals surface area contributed by atoms with Crippen LogP contribution in [-0.4, -0.2) is 40.0 Å². The largest absolute Gasteiger partial charge is 0.474 e. The number of hydrogen-bond donors (Lipinski definition) is 1.